The smallest absolute Gasteiger partial charge is 0.228 e. The van der Waals surface area contributed by atoms with Crippen LogP contribution in [0.15, 0.2) is 36.4 Å². The zero-order valence-electron chi connectivity index (χ0n) is 17.2. The first kappa shape index (κ1) is 20.2. The second-order valence-corrected chi connectivity index (χ2v) is 7.52. The molecule has 1 unspecified atom stereocenters. The number of rotatable bonds is 6. The van der Waals surface area contributed by atoms with Gasteiger partial charge in [-0.1, -0.05) is 24.3 Å². The standard InChI is InChI=1S/C23H30N2O3/c1-16-7-5-8-17(2)22(16)24-23(26)19-9-6-12-25(15-19)14-18-10-11-20(27-3)21(13-18)28-4/h5,7-8,10-11,13,19H,6,9,12,14-15H2,1-4H3,(H,24,26). The van der Waals surface area contributed by atoms with E-state index in [9.17, 15) is 4.79 Å². The molecule has 2 aromatic carbocycles. The van der Waals surface area contributed by atoms with Gasteiger partial charge in [0.2, 0.25) is 5.91 Å². The molecular weight excluding hydrogens is 352 g/mol. The van der Waals surface area contributed by atoms with Crippen molar-refractivity contribution in [2.24, 2.45) is 5.92 Å². The highest BCUT2D eigenvalue weighted by molar-refractivity contribution is 5.94. The van der Waals surface area contributed by atoms with Gasteiger partial charge in [0.05, 0.1) is 20.1 Å². The summed E-state index contributed by atoms with van der Waals surface area (Å²) in [6, 6.07) is 12.1. The largest absolute Gasteiger partial charge is 0.493 e. The number of aryl methyl sites for hydroxylation is 2. The fourth-order valence-electron chi connectivity index (χ4n) is 3.89. The molecule has 0 saturated carbocycles. The van der Waals surface area contributed by atoms with Gasteiger partial charge in [-0.25, -0.2) is 0 Å². The summed E-state index contributed by atoms with van der Waals surface area (Å²) in [5.41, 5.74) is 4.32. The number of para-hydroxylation sites is 1. The fourth-order valence-corrected chi connectivity index (χ4v) is 3.89. The van der Waals surface area contributed by atoms with Gasteiger partial charge in [-0.15, -0.1) is 0 Å². The lowest BCUT2D eigenvalue weighted by molar-refractivity contribution is -0.121. The highest BCUT2D eigenvalue weighted by atomic mass is 16.5. The van der Waals surface area contributed by atoms with E-state index in [1.165, 1.54) is 0 Å². The highest BCUT2D eigenvalue weighted by Crippen LogP contribution is 2.29. The number of nitrogens with one attached hydrogen (secondary N) is 1. The third kappa shape index (κ3) is 4.65. The quantitative estimate of drug-likeness (QED) is 0.815. The van der Waals surface area contributed by atoms with Crippen LogP contribution in [-0.2, 0) is 11.3 Å². The summed E-state index contributed by atoms with van der Waals surface area (Å²) in [5.74, 6) is 1.60. The van der Waals surface area contributed by atoms with Gasteiger partial charge in [-0.2, -0.15) is 0 Å². The average molecular weight is 383 g/mol. The molecule has 5 nitrogen and oxygen atoms in total. The van der Waals surface area contributed by atoms with E-state index in [2.05, 4.69) is 16.3 Å². The number of ether oxygens (including phenoxy) is 2. The highest BCUT2D eigenvalue weighted by Gasteiger charge is 2.26. The van der Waals surface area contributed by atoms with E-state index in [-0.39, 0.29) is 11.8 Å². The minimum atomic E-state index is 0.00731. The van der Waals surface area contributed by atoms with Crippen molar-refractivity contribution in [2.75, 3.05) is 32.6 Å². The normalized spacial score (nSPS) is 17.2. The van der Waals surface area contributed by atoms with Gasteiger partial charge in [-0.05, 0) is 62.1 Å². The van der Waals surface area contributed by atoms with Gasteiger partial charge >= 0.3 is 0 Å². The topological polar surface area (TPSA) is 50.8 Å². The first-order chi connectivity index (χ1) is 13.5. The van der Waals surface area contributed by atoms with E-state index in [1.807, 2.05) is 44.2 Å². The van der Waals surface area contributed by atoms with E-state index < -0.39 is 0 Å². The molecule has 5 heteroatoms. The predicted octanol–water partition coefficient (Wildman–Crippen LogP) is 4.17. The summed E-state index contributed by atoms with van der Waals surface area (Å²) in [6.45, 7) is 6.64. The number of hydrogen-bond acceptors (Lipinski definition) is 4. The lowest BCUT2D eigenvalue weighted by atomic mass is 9.96. The van der Waals surface area contributed by atoms with Gasteiger partial charge in [-0.3, -0.25) is 9.69 Å². The molecule has 3 rings (SSSR count). The lowest BCUT2D eigenvalue weighted by Crippen LogP contribution is -2.40. The van der Waals surface area contributed by atoms with Crippen molar-refractivity contribution < 1.29 is 14.3 Å². The Morgan fingerprint density at radius 2 is 1.82 bits per heavy atom. The summed E-state index contributed by atoms with van der Waals surface area (Å²) < 4.78 is 10.7. The maximum Gasteiger partial charge on any atom is 0.228 e. The zero-order chi connectivity index (χ0) is 20.1. The minimum Gasteiger partial charge on any atom is -0.493 e. The second kappa shape index (κ2) is 9.11. The Kier molecular flexibility index (Phi) is 6.57. The van der Waals surface area contributed by atoms with Crippen molar-refractivity contribution in [3.05, 3.63) is 53.1 Å². The Balaban J connectivity index is 1.64. The van der Waals surface area contributed by atoms with Crippen LogP contribution in [0.1, 0.15) is 29.5 Å². The minimum absolute atomic E-state index is 0.00731. The third-order valence-electron chi connectivity index (χ3n) is 5.46. The van der Waals surface area contributed by atoms with Crippen LogP contribution in [0.2, 0.25) is 0 Å². The molecule has 1 aliphatic heterocycles. The van der Waals surface area contributed by atoms with Crippen LogP contribution < -0.4 is 14.8 Å². The molecular formula is C23H30N2O3. The van der Waals surface area contributed by atoms with Gasteiger partial charge < -0.3 is 14.8 Å². The Hall–Kier alpha value is -2.53. The molecule has 150 valence electrons. The van der Waals surface area contributed by atoms with Crippen molar-refractivity contribution in [3.8, 4) is 11.5 Å². The Morgan fingerprint density at radius 3 is 2.50 bits per heavy atom. The van der Waals surface area contributed by atoms with Crippen LogP contribution in [0.3, 0.4) is 0 Å². The Labute approximate surface area is 167 Å². The maximum absolute atomic E-state index is 12.9. The number of carbonyl (C=O) groups excluding carboxylic acids is 1. The van der Waals surface area contributed by atoms with Crippen molar-refractivity contribution in [1.29, 1.82) is 0 Å². The molecule has 0 aliphatic carbocycles. The molecule has 1 heterocycles. The monoisotopic (exact) mass is 382 g/mol. The van der Waals surface area contributed by atoms with E-state index >= 15 is 0 Å². The predicted molar refractivity (Wildman–Crippen MR) is 112 cm³/mol. The fraction of sp³-hybridized carbons (Fsp3) is 0.435. The number of amides is 1. The van der Waals surface area contributed by atoms with E-state index in [4.69, 9.17) is 9.47 Å². The molecule has 1 fully saturated rings. The summed E-state index contributed by atoms with van der Waals surface area (Å²) in [7, 11) is 3.29. The van der Waals surface area contributed by atoms with E-state index in [1.54, 1.807) is 14.2 Å². The molecule has 28 heavy (non-hydrogen) atoms. The number of nitrogens with zero attached hydrogens (tertiary/aromatic N) is 1. The second-order valence-electron chi connectivity index (χ2n) is 7.52. The summed E-state index contributed by atoms with van der Waals surface area (Å²) >= 11 is 0. The van der Waals surface area contributed by atoms with Crippen LogP contribution in [0.25, 0.3) is 0 Å². The van der Waals surface area contributed by atoms with Gasteiger partial charge in [0.25, 0.3) is 0 Å². The van der Waals surface area contributed by atoms with Crippen LogP contribution in [-0.4, -0.2) is 38.1 Å². The van der Waals surface area contributed by atoms with Crippen LogP contribution in [0, 0.1) is 19.8 Å². The summed E-state index contributed by atoms with van der Waals surface area (Å²) in [5, 5.41) is 3.16. The lowest BCUT2D eigenvalue weighted by Gasteiger charge is -2.32. The number of likely N-dealkylation sites (tertiary alicyclic amines) is 1. The van der Waals surface area contributed by atoms with Crippen LogP contribution >= 0.6 is 0 Å². The molecule has 0 bridgehead atoms. The molecule has 0 aromatic heterocycles. The maximum atomic E-state index is 12.9. The number of carbonyl (C=O) groups is 1. The van der Waals surface area contributed by atoms with Gasteiger partial charge in [0.15, 0.2) is 11.5 Å². The van der Waals surface area contributed by atoms with Crippen LogP contribution in [0.5, 0.6) is 11.5 Å². The van der Waals surface area contributed by atoms with Crippen LogP contribution in [0.4, 0.5) is 5.69 Å². The van der Waals surface area contributed by atoms with Crippen molar-refractivity contribution in [2.45, 2.75) is 33.2 Å². The molecule has 1 N–H and O–H groups in total. The SMILES string of the molecule is COc1ccc(CN2CCCC(C(=O)Nc3c(C)cccc3C)C2)cc1OC. The molecule has 1 atom stereocenters. The molecule has 1 saturated heterocycles. The Bertz CT molecular complexity index is 814. The molecule has 1 aliphatic rings. The first-order valence-electron chi connectivity index (χ1n) is 9.82. The average Bonchev–Trinajstić information content (AvgIpc) is 2.70. The van der Waals surface area contributed by atoms with Crippen molar-refractivity contribution in [1.82, 2.24) is 4.90 Å². The van der Waals surface area contributed by atoms with Crippen molar-refractivity contribution in [3.63, 3.8) is 0 Å². The Morgan fingerprint density at radius 1 is 1.11 bits per heavy atom. The van der Waals surface area contributed by atoms with Gasteiger partial charge in [0.1, 0.15) is 0 Å². The number of anilines is 1. The van der Waals surface area contributed by atoms with Gasteiger partial charge in [0, 0.05) is 18.8 Å². The van der Waals surface area contributed by atoms with E-state index in [0.29, 0.717) is 0 Å². The van der Waals surface area contributed by atoms with Crippen molar-refractivity contribution >= 4 is 11.6 Å². The zero-order valence-corrected chi connectivity index (χ0v) is 17.2. The van der Waals surface area contributed by atoms with E-state index in [0.717, 1.165) is 66.4 Å². The summed E-state index contributed by atoms with van der Waals surface area (Å²) in [4.78, 5) is 15.2. The molecule has 2 aromatic rings. The number of hydrogen-bond donors (Lipinski definition) is 1. The summed E-state index contributed by atoms with van der Waals surface area (Å²) in [6.07, 6.45) is 1.96. The molecule has 0 spiro atoms. The third-order valence-corrected chi connectivity index (χ3v) is 5.46. The number of piperidine rings is 1. The number of methoxy groups -OCH3 is 2. The first-order valence-corrected chi connectivity index (χ1v) is 9.82. The molecule has 1 amide bonds. The number of benzene rings is 2. The molecule has 0 radical (unpaired) electrons.